The van der Waals surface area contributed by atoms with E-state index in [4.69, 9.17) is 18.3 Å². The van der Waals surface area contributed by atoms with Crippen LogP contribution in [0.15, 0.2) is 60.2 Å². The highest BCUT2D eigenvalue weighted by Gasteiger charge is 2.46. The summed E-state index contributed by atoms with van der Waals surface area (Å²) in [6.45, 7) is 42.3. The van der Waals surface area contributed by atoms with Crippen LogP contribution in [0.3, 0.4) is 0 Å². The molecule has 6 heteroatoms. The third-order valence-electron chi connectivity index (χ3n) is 12.1. The molecular weight excluding hydrogens is 625 g/mol. The zero-order chi connectivity index (χ0) is 36.8. The van der Waals surface area contributed by atoms with Crippen LogP contribution in [0.25, 0.3) is 0 Å². The van der Waals surface area contributed by atoms with Gasteiger partial charge in [-0.1, -0.05) is 124 Å². The van der Waals surface area contributed by atoms with Crippen molar-refractivity contribution < 1.29 is 18.3 Å². The highest BCUT2D eigenvalue weighted by atomic mass is 28.4. The fraction of sp³-hybridized carbons (Fsp3) is 0.714. The first-order valence-electron chi connectivity index (χ1n) is 18.5. The van der Waals surface area contributed by atoms with Crippen LogP contribution in [0.5, 0.6) is 5.75 Å². The van der Waals surface area contributed by atoms with Gasteiger partial charge in [-0.15, -0.1) is 0 Å². The highest BCUT2D eigenvalue weighted by Crippen LogP contribution is 2.47. The lowest BCUT2D eigenvalue weighted by atomic mass is 9.81. The van der Waals surface area contributed by atoms with E-state index in [1.54, 1.807) is 12.7 Å². The van der Waals surface area contributed by atoms with E-state index in [2.05, 4.69) is 134 Å². The second-order valence-electron chi connectivity index (χ2n) is 18.1. The third kappa shape index (κ3) is 11.0. The molecule has 8 atom stereocenters. The van der Waals surface area contributed by atoms with Crippen LogP contribution in [-0.4, -0.2) is 42.1 Å². The largest absolute Gasteiger partial charge is 0.497 e. The topological polar surface area (TPSA) is 36.9 Å². The molecule has 1 saturated carbocycles. The van der Waals surface area contributed by atoms with E-state index in [0.717, 1.165) is 24.2 Å². The molecule has 1 aromatic carbocycles. The van der Waals surface area contributed by atoms with Gasteiger partial charge in [0.15, 0.2) is 16.6 Å². The molecule has 1 aliphatic carbocycles. The summed E-state index contributed by atoms with van der Waals surface area (Å²) in [5.74, 6) is 2.51. The number of hydrogen-bond donors (Lipinski definition) is 0. The summed E-state index contributed by atoms with van der Waals surface area (Å²) in [5, 5.41) is 0.312. The first-order valence-corrected chi connectivity index (χ1v) is 24.4. The summed E-state index contributed by atoms with van der Waals surface area (Å²) in [6.07, 6.45) is 8.59. The Bertz CT molecular complexity index is 1220. The first kappa shape index (κ1) is 42.7. The van der Waals surface area contributed by atoms with Crippen LogP contribution in [0, 0.1) is 29.6 Å². The Morgan fingerprint density at radius 1 is 0.917 bits per heavy atom. The van der Waals surface area contributed by atoms with Crippen molar-refractivity contribution in [3.8, 4) is 5.75 Å². The molecule has 4 nitrogen and oxygen atoms in total. The average molecular weight is 699 g/mol. The Hall–Kier alpha value is -1.45. The molecule has 1 aromatic rings. The lowest BCUT2D eigenvalue weighted by Gasteiger charge is -2.45. The van der Waals surface area contributed by atoms with E-state index in [-0.39, 0.29) is 40.2 Å². The molecule has 1 aliphatic rings. The van der Waals surface area contributed by atoms with Crippen molar-refractivity contribution in [2.24, 2.45) is 29.6 Å². The van der Waals surface area contributed by atoms with Gasteiger partial charge < -0.3 is 18.3 Å². The van der Waals surface area contributed by atoms with Crippen LogP contribution in [0.1, 0.15) is 101 Å². The van der Waals surface area contributed by atoms with Crippen LogP contribution >= 0.6 is 0 Å². The lowest BCUT2D eigenvalue weighted by molar-refractivity contribution is -0.0644. The predicted molar refractivity (Wildman–Crippen MR) is 213 cm³/mol. The summed E-state index contributed by atoms with van der Waals surface area (Å²) < 4.78 is 26.8. The molecule has 2 rings (SSSR count). The normalized spacial score (nSPS) is 23.9. The molecule has 1 fully saturated rings. The summed E-state index contributed by atoms with van der Waals surface area (Å²) in [6, 6.07) is 8.20. The summed E-state index contributed by atoms with van der Waals surface area (Å²) in [4.78, 5) is 0. The molecule has 0 amide bonds. The van der Waals surface area contributed by atoms with Crippen LogP contribution < -0.4 is 4.74 Å². The van der Waals surface area contributed by atoms with E-state index < -0.39 is 16.6 Å². The van der Waals surface area contributed by atoms with Gasteiger partial charge >= 0.3 is 0 Å². The molecule has 0 radical (unpaired) electrons. The zero-order valence-electron chi connectivity index (χ0n) is 34.1. The third-order valence-corrected chi connectivity index (χ3v) is 21.0. The molecule has 274 valence electrons. The lowest BCUT2D eigenvalue weighted by Crippen LogP contribution is -2.50. The van der Waals surface area contributed by atoms with E-state index in [9.17, 15) is 0 Å². The number of benzene rings is 1. The number of methoxy groups -OCH3 is 1. The maximum atomic E-state index is 7.44. The molecule has 0 spiro atoms. The SMILES string of the molecule is C=C/C=C\[C@H](C)[C@H](OCc1ccc(OC)cc1)[C@@H](C)[C@H](O[Si](C)(C)C(C)(C)C)[C@@H](C)C/C(C)=C1/C[C@H](C)[C@H](O[Si](C)(C)C(C)(C)C)[C@H]1C. The van der Waals surface area contributed by atoms with Gasteiger partial charge in [-0.25, -0.2) is 0 Å². The molecule has 0 N–H and O–H groups in total. The summed E-state index contributed by atoms with van der Waals surface area (Å²) in [7, 11) is -2.26. The Labute approximate surface area is 299 Å². The number of ether oxygens (including phenoxy) is 2. The minimum absolute atomic E-state index is 0.0266. The van der Waals surface area contributed by atoms with Gasteiger partial charge in [0.05, 0.1) is 32.0 Å². The van der Waals surface area contributed by atoms with Gasteiger partial charge in [-0.2, -0.15) is 0 Å². The minimum Gasteiger partial charge on any atom is -0.497 e. The fourth-order valence-corrected chi connectivity index (χ4v) is 9.83. The van der Waals surface area contributed by atoms with Gasteiger partial charge in [-0.05, 0) is 85.6 Å². The standard InChI is InChI=1S/C42H74O4Si2/c1-19-20-21-29(2)38(44-28-35-22-24-36(43-14)25-23-35)34(7)40(46-48(17,18)42(11,12)13)31(4)26-30(3)37-27-32(5)39(33(37)6)45-47(15,16)41(8,9)10/h19-25,29,31-34,38-40H,1,26-28H2,2-18H3/b21-20-,37-30-/t29-,31-,32-,33-,34+,38-,39-,40+/m0/s1. The van der Waals surface area contributed by atoms with Crippen molar-refractivity contribution in [1.82, 2.24) is 0 Å². The maximum absolute atomic E-state index is 7.44. The van der Waals surface area contributed by atoms with Crippen molar-refractivity contribution in [2.75, 3.05) is 7.11 Å². The van der Waals surface area contributed by atoms with Crippen molar-refractivity contribution in [3.63, 3.8) is 0 Å². The maximum Gasteiger partial charge on any atom is 0.192 e. The van der Waals surface area contributed by atoms with Gasteiger partial charge in [0.1, 0.15) is 5.75 Å². The first-order chi connectivity index (χ1) is 22.0. The molecule has 0 bridgehead atoms. The minimum atomic E-state index is -2.09. The average Bonchev–Trinajstić information content (AvgIpc) is 3.26. The number of rotatable bonds is 16. The van der Waals surface area contributed by atoms with Gasteiger partial charge in [-0.3, -0.25) is 0 Å². The quantitative estimate of drug-likeness (QED) is 0.0978. The Morgan fingerprint density at radius 3 is 1.98 bits per heavy atom. The molecule has 0 aliphatic heterocycles. The van der Waals surface area contributed by atoms with E-state index in [1.165, 1.54) is 5.57 Å². The van der Waals surface area contributed by atoms with Crippen LogP contribution in [0.4, 0.5) is 0 Å². The van der Waals surface area contributed by atoms with Crippen molar-refractivity contribution in [3.05, 3.63) is 65.8 Å². The van der Waals surface area contributed by atoms with Crippen LogP contribution in [0.2, 0.25) is 36.3 Å². The molecule has 0 saturated heterocycles. The second-order valence-corrected chi connectivity index (χ2v) is 27.6. The second kappa shape index (κ2) is 17.2. The van der Waals surface area contributed by atoms with Gasteiger partial charge in [0.2, 0.25) is 0 Å². The number of hydrogen-bond acceptors (Lipinski definition) is 4. The summed E-state index contributed by atoms with van der Waals surface area (Å²) in [5.41, 5.74) is 4.27. The Morgan fingerprint density at radius 2 is 1.48 bits per heavy atom. The monoisotopic (exact) mass is 699 g/mol. The zero-order valence-corrected chi connectivity index (χ0v) is 36.1. The summed E-state index contributed by atoms with van der Waals surface area (Å²) >= 11 is 0. The molecule has 0 heterocycles. The van der Waals surface area contributed by atoms with Crippen molar-refractivity contribution in [2.45, 2.75) is 157 Å². The predicted octanol–water partition coefficient (Wildman–Crippen LogP) is 12.4. The molecule has 0 aromatic heterocycles. The van der Waals surface area contributed by atoms with Crippen molar-refractivity contribution >= 4 is 16.6 Å². The molecular formula is C42H74O4Si2. The smallest absolute Gasteiger partial charge is 0.192 e. The Balaban J connectivity index is 2.46. The fourth-order valence-electron chi connectivity index (χ4n) is 6.87. The molecule has 0 unspecified atom stereocenters. The van der Waals surface area contributed by atoms with E-state index >= 15 is 0 Å². The highest BCUT2D eigenvalue weighted by molar-refractivity contribution is 6.74. The Kier molecular flexibility index (Phi) is 15.3. The van der Waals surface area contributed by atoms with Crippen LogP contribution in [-0.2, 0) is 20.2 Å². The van der Waals surface area contributed by atoms with E-state index in [0.29, 0.717) is 24.4 Å². The van der Waals surface area contributed by atoms with Gasteiger partial charge in [0, 0.05) is 17.8 Å². The van der Waals surface area contributed by atoms with Gasteiger partial charge in [0.25, 0.3) is 0 Å². The van der Waals surface area contributed by atoms with Crippen molar-refractivity contribution in [1.29, 1.82) is 0 Å². The number of allylic oxidation sites excluding steroid dienone is 3. The molecule has 48 heavy (non-hydrogen) atoms. The van der Waals surface area contributed by atoms with E-state index in [1.807, 2.05) is 24.3 Å².